The van der Waals surface area contributed by atoms with Crippen LogP contribution in [0.5, 0.6) is 0 Å². The van der Waals surface area contributed by atoms with Crippen LogP contribution in [0.1, 0.15) is 0 Å². The molecule has 0 atom stereocenters. The molecule has 0 spiro atoms. The molecule has 0 saturated carbocycles. The molecule has 4 nitrogen and oxygen atoms in total. The molecule has 0 unspecified atom stereocenters. The smallest absolute Gasteiger partial charge is 0.160 e. The molecule has 3 heterocycles. The van der Waals surface area contributed by atoms with E-state index in [4.69, 9.17) is 19.9 Å². The summed E-state index contributed by atoms with van der Waals surface area (Å²) in [5.74, 6) is 0.682. The zero-order chi connectivity index (χ0) is 37.0. The number of pyridine rings is 2. The average molecular weight is 713 g/mol. The number of hydrogen-bond acceptors (Lipinski definition) is 4. The highest BCUT2D eigenvalue weighted by Crippen LogP contribution is 2.39. The summed E-state index contributed by atoms with van der Waals surface area (Å²) in [6.07, 6.45) is 0. The number of fused-ring (bicyclic) bond motifs is 7. The van der Waals surface area contributed by atoms with Crippen molar-refractivity contribution in [2.45, 2.75) is 0 Å². The molecule has 0 amide bonds. The third-order valence-corrected chi connectivity index (χ3v) is 10.8. The Hall–Kier alpha value is -7.56. The quantitative estimate of drug-likeness (QED) is 0.167. The largest absolute Gasteiger partial charge is 0.248 e. The summed E-state index contributed by atoms with van der Waals surface area (Å²) in [7, 11) is 0. The van der Waals surface area contributed by atoms with Crippen molar-refractivity contribution in [3.05, 3.63) is 194 Å². The molecular weight excluding hydrogens is 681 g/mol. The highest BCUT2D eigenvalue weighted by molar-refractivity contribution is 6.21. The first kappa shape index (κ1) is 31.9. The first-order valence-corrected chi connectivity index (χ1v) is 18.9. The van der Waals surface area contributed by atoms with E-state index in [0.29, 0.717) is 5.82 Å². The summed E-state index contributed by atoms with van der Waals surface area (Å²) in [5, 5.41) is 9.10. The van der Waals surface area contributed by atoms with Gasteiger partial charge in [-0.2, -0.15) is 0 Å². The van der Waals surface area contributed by atoms with Crippen LogP contribution < -0.4 is 0 Å². The van der Waals surface area contributed by atoms with Crippen LogP contribution in [0.25, 0.3) is 111 Å². The highest BCUT2D eigenvalue weighted by Gasteiger charge is 2.17. The summed E-state index contributed by atoms with van der Waals surface area (Å²) >= 11 is 0. The van der Waals surface area contributed by atoms with Gasteiger partial charge in [0.2, 0.25) is 0 Å². The van der Waals surface area contributed by atoms with Gasteiger partial charge in [-0.15, -0.1) is 0 Å². The molecule has 0 aliphatic heterocycles. The molecule has 0 fully saturated rings. The van der Waals surface area contributed by atoms with Gasteiger partial charge in [0, 0.05) is 44.0 Å². The molecule has 11 aromatic rings. The van der Waals surface area contributed by atoms with Gasteiger partial charge >= 0.3 is 0 Å². The van der Waals surface area contributed by atoms with Crippen LogP contribution in [0.4, 0.5) is 0 Å². The fourth-order valence-electron chi connectivity index (χ4n) is 7.99. The van der Waals surface area contributed by atoms with Gasteiger partial charge in [0.25, 0.3) is 0 Å². The van der Waals surface area contributed by atoms with Crippen LogP contribution >= 0.6 is 0 Å². The third kappa shape index (κ3) is 5.55. The molecular formula is C52H32N4. The Labute approximate surface area is 323 Å². The van der Waals surface area contributed by atoms with E-state index in [1.807, 2.05) is 12.1 Å². The van der Waals surface area contributed by atoms with Crippen molar-refractivity contribution in [3.8, 4) is 56.4 Å². The van der Waals surface area contributed by atoms with Crippen LogP contribution in [-0.2, 0) is 0 Å². The molecule has 8 aromatic carbocycles. The summed E-state index contributed by atoms with van der Waals surface area (Å²) in [6, 6.07) is 68.0. The lowest BCUT2D eigenvalue weighted by Gasteiger charge is -2.15. The summed E-state index contributed by atoms with van der Waals surface area (Å²) in [6.45, 7) is 0. The van der Waals surface area contributed by atoms with Gasteiger partial charge in [-0.1, -0.05) is 152 Å². The van der Waals surface area contributed by atoms with E-state index < -0.39 is 0 Å². The fraction of sp³-hybridized carbons (Fsp3) is 0. The van der Waals surface area contributed by atoms with Crippen LogP contribution in [-0.4, -0.2) is 19.9 Å². The Kier molecular flexibility index (Phi) is 7.46. The van der Waals surface area contributed by atoms with Crippen LogP contribution in [0.2, 0.25) is 0 Å². The van der Waals surface area contributed by atoms with Gasteiger partial charge in [0.05, 0.1) is 33.8 Å². The molecule has 11 rings (SSSR count). The molecule has 0 saturated heterocycles. The average Bonchev–Trinajstić information content (AvgIpc) is 3.28. The predicted molar refractivity (Wildman–Crippen MR) is 232 cm³/mol. The van der Waals surface area contributed by atoms with Gasteiger partial charge in [-0.25, -0.2) is 19.9 Å². The Morgan fingerprint density at radius 1 is 0.268 bits per heavy atom. The Morgan fingerprint density at radius 3 is 1.54 bits per heavy atom. The minimum Gasteiger partial charge on any atom is -0.248 e. The number of rotatable bonds is 5. The maximum absolute atomic E-state index is 5.45. The first-order chi connectivity index (χ1) is 27.7. The maximum atomic E-state index is 5.45. The van der Waals surface area contributed by atoms with Crippen molar-refractivity contribution < 1.29 is 0 Å². The van der Waals surface area contributed by atoms with Gasteiger partial charge in [0.1, 0.15) is 0 Å². The number of nitrogens with zero attached hydrogens (tertiary/aromatic N) is 4. The van der Waals surface area contributed by atoms with E-state index in [-0.39, 0.29) is 0 Å². The number of hydrogen-bond donors (Lipinski definition) is 0. The van der Waals surface area contributed by atoms with E-state index in [9.17, 15) is 0 Å². The van der Waals surface area contributed by atoms with E-state index in [1.54, 1.807) is 0 Å². The Morgan fingerprint density at radius 2 is 0.821 bits per heavy atom. The minimum atomic E-state index is 0.682. The van der Waals surface area contributed by atoms with Crippen LogP contribution in [0, 0.1) is 0 Å². The summed E-state index contributed by atoms with van der Waals surface area (Å²) < 4.78 is 0. The summed E-state index contributed by atoms with van der Waals surface area (Å²) in [5.41, 5.74) is 10.6. The second-order valence-corrected chi connectivity index (χ2v) is 14.3. The molecule has 4 heteroatoms. The lowest BCUT2D eigenvalue weighted by molar-refractivity contribution is 1.19. The minimum absolute atomic E-state index is 0.682. The molecule has 0 N–H and O–H groups in total. The molecule has 3 aromatic heterocycles. The van der Waals surface area contributed by atoms with Gasteiger partial charge in [0.15, 0.2) is 5.82 Å². The second kappa shape index (κ2) is 13.1. The lowest BCUT2D eigenvalue weighted by Crippen LogP contribution is -1.97. The van der Waals surface area contributed by atoms with Crippen molar-refractivity contribution in [1.29, 1.82) is 0 Å². The van der Waals surface area contributed by atoms with E-state index >= 15 is 0 Å². The molecule has 0 radical (unpaired) electrons. The van der Waals surface area contributed by atoms with E-state index in [0.717, 1.165) is 88.6 Å². The standard InChI is InChI=1S/C52H32N4/c1-3-13-35(14-4-1)45-27-26-44-46(53-45)28-25-43-42-24-23-40(31-49(42)54-51(50(43)44)36-15-5-2-6-16-36)48-32-47(39-21-19-33-11-7-9-17-37(33)29-39)55-52(56-48)41-22-20-34-12-8-10-18-38(34)30-41/h1-32H. The monoisotopic (exact) mass is 712 g/mol. The van der Waals surface area contributed by atoms with E-state index in [2.05, 4.69) is 182 Å². The fourth-order valence-corrected chi connectivity index (χ4v) is 7.99. The zero-order valence-electron chi connectivity index (χ0n) is 30.3. The van der Waals surface area contributed by atoms with Gasteiger partial charge in [-0.3, -0.25) is 0 Å². The third-order valence-electron chi connectivity index (χ3n) is 10.8. The normalized spacial score (nSPS) is 11.6. The van der Waals surface area contributed by atoms with Crippen LogP contribution in [0.3, 0.4) is 0 Å². The predicted octanol–water partition coefficient (Wildman–Crippen LogP) is 13.4. The Bertz CT molecular complexity index is 3200. The number of aromatic nitrogens is 4. The van der Waals surface area contributed by atoms with Crippen molar-refractivity contribution >= 4 is 54.1 Å². The SMILES string of the molecule is c1ccc(-c2ccc3c(ccc4c5ccc(-c6cc(-c7ccc8ccccc8c7)nc(-c7ccc8ccccc8c7)n6)cc5nc(-c5ccccc5)c34)n2)cc1. The van der Waals surface area contributed by atoms with Crippen molar-refractivity contribution in [2.24, 2.45) is 0 Å². The second-order valence-electron chi connectivity index (χ2n) is 14.3. The van der Waals surface area contributed by atoms with E-state index in [1.165, 1.54) is 16.2 Å². The topological polar surface area (TPSA) is 51.6 Å². The van der Waals surface area contributed by atoms with Gasteiger partial charge in [-0.05, 0) is 69.4 Å². The van der Waals surface area contributed by atoms with Crippen molar-refractivity contribution in [2.75, 3.05) is 0 Å². The first-order valence-electron chi connectivity index (χ1n) is 18.9. The number of benzene rings is 8. The zero-order valence-corrected chi connectivity index (χ0v) is 30.3. The summed E-state index contributed by atoms with van der Waals surface area (Å²) in [4.78, 5) is 21.0. The lowest BCUT2D eigenvalue weighted by atomic mass is 9.95. The molecule has 0 aliphatic rings. The Balaban J connectivity index is 1.12. The van der Waals surface area contributed by atoms with Crippen molar-refractivity contribution in [3.63, 3.8) is 0 Å². The molecule has 260 valence electrons. The maximum Gasteiger partial charge on any atom is 0.160 e. The molecule has 0 bridgehead atoms. The molecule has 56 heavy (non-hydrogen) atoms. The highest BCUT2D eigenvalue weighted by atomic mass is 14.9. The van der Waals surface area contributed by atoms with Crippen LogP contribution in [0.15, 0.2) is 194 Å². The molecule has 0 aliphatic carbocycles. The van der Waals surface area contributed by atoms with Gasteiger partial charge < -0.3 is 0 Å². The van der Waals surface area contributed by atoms with Crippen molar-refractivity contribution in [1.82, 2.24) is 19.9 Å².